The minimum absolute atomic E-state index is 0.122. The molecule has 3 aliphatic rings. The van der Waals surface area contributed by atoms with E-state index in [2.05, 4.69) is 4.90 Å². The summed E-state index contributed by atoms with van der Waals surface area (Å²) < 4.78 is 6.38. The fourth-order valence-corrected chi connectivity index (χ4v) is 5.91. The Bertz CT molecular complexity index is 714. The molecule has 6 heteroatoms. The van der Waals surface area contributed by atoms with Crippen molar-refractivity contribution in [2.24, 2.45) is 0 Å². The third kappa shape index (κ3) is 3.94. The summed E-state index contributed by atoms with van der Waals surface area (Å²) in [6, 6.07) is 5.98. The standard InChI is InChI=1S/C22H30Cl2N2O2/c1-25(20(27)15-16-7-8-17(23)18(24)14-16)21-19(26-11-2-3-12-26)6-4-9-22(21)10-5-13-28-22/h7-8,14,19,21H,2-6,9-13,15H2,1H3/t19-,21+,22?/m0/s1. The highest BCUT2D eigenvalue weighted by Gasteiger charge is 2.52. The number of hydrogen-bond acceptors (Lipinski definition) is 3. The number of ether oxygens (including phenoxy) is 1. The molecule has 2 heterocycles. The molecule has 0 bridgehead atoms. The molecule has 3 atom stereocenters. The fraction of sp³-hybridized carbons (Fsp3) is 0.682. The zero-order chi connectivity index (χ0) is 19.7. The second kappa shape index (κ2) is 8.51. The summed E-state index contributed by atoms with van der Waals surface area (Å²) in [6.07, 6.45) is 8.42. The van der Waals surface area contributed by atoms with Crippen LogP contribution in [0.15, 0.2) is 18.2 Å². The molecule has 1 saturated carbocycles. The van der Waals surface area contributed by atoms with Crippen LogP contribution in [0.3, 0.4) is 0 Å². The zero-order valence-corrected chi connectivity index (χ0v) is 18.1. The lowest BCUT2D eigenvalue weighted by Crippen LogP contribution is -2.64. The first-order valence-corrected chi connectivity index (χ1v) is 11.3. The molecule has 0 N–H and O–H groups in total. The highest BCUT2D eigenvalue weighted by molar-refractivity contribution is 6.42. The quantitative estimate of drug-likeness (QED) is 0.709. The van der Waals surface area contributed by atoms with E-state index < -0.39 is 0 Å². The molecule has 2 saturated heterocycles. The molecule has 1 aromatic rings. The third-order valence-corrected chi connectivity index (χ3v) is 7.64. The third-order valence-electron chi connectivity index (χ3n) is 6.90. The summed E-state index contributed by atoms with van der Waals surface area (Å²) in [5.74, 6) is 0.129. The van der Waals surface area contributed by atoms with Gasteiger partial charge in [-0.25, -0.2) is 0 Å². The predicted molar refractivity (Wildman–Crippen MR) is 113 cm³/mol. The van der Waals surface area contributed by atoms with Gasteiger partial charge in [-0.15, -0.1) is 0 Å². The Labute approximate surface area is 178 Å². The summed E-state index contributed by atoms with van der Waals surface area (Å²) >= 11 is 12.2. The molecule has 154 valence electrons. The Morgan fingerprint density at radius 3 is 2.61 bits per heavy atom. The number of halogens is 2. The lowest BCUT2D eigenvalue weighted by atomic mass is 9.74. The number of carbonyl (C=O) groups excluding carboxylic acids is 1. The molecule has 1 aromatic carbocycles. The Kier molecular flexibility index (Phi) is 6.22. The summed E-state index contributed by atoms with van der Waals surface area (Å²) in [5.41, 5.74) is 0.731. The van der Waals surface area contributed by atoms with E-state index in [1.807, 2.05) is 18.0 Å². The first kappa shape index (κ1) is 20.5. The molecule has 1 spiro atoms. The fourth-order valence-electron chi connectivity index (χ4n) is 5.59. The van der Waals surface area contributed by atoms with Gasteiger partial charge in [-0.1, -0.05) is 29.3 Å². The van der Waals surface area contributed by atoms with Gasteiger partial charge in [0.25, 0.3) is 0 Å². The number of likely N-dealkylation sites (N-methyl/N-ethyl adjacent to an activating group) is 1. The average Bonchev–Trinajstić information content (AvgIpc) is 3.37. The van der Waals surface area contributed by atoms with Gasteiger partial charge in [0.05, 0.1) is 28.1 Å². The lowest BCUT2D eigenvalue weighted by molar-refractivity contribution is -0.150. The van der Waals surface area contributed by atoms with Crippen molar-refractivity contribution in [3.8, 4) is 0 Å². The van der Waals surface area contributed by atoms with Gasteiger partial charge < -0.3 is 9.64 Å². The van der Waals surface area contributed by atoms with E-state index in [0.717, 1.165) is 50.9 Å². The van der Waals surface area contributed by atoms with E-state index in [1.54, 1.807) is 12.1 Å². The minimum atomic E-state index is -0.173. The molecule has 1 amide bonds. The Hall–Kier alpha value is -0.810. The maximum Gasteiger partial charge on any atom is 0.227 e. The molecule has 3 fully saturated rings. The largest absolute Gasteiger partial charge is 0.373 e. The van der Waals surface area contributed by atoms with Gasteiger partial charge in [0.2, 0.25) is 5.91 Å². The molecule has 2 aliphatic heterocycles. The first-order valence-electron chi connectivity index (χ1n) is 10.6. The van der Waals surface area contributed by atoms with Crippen LogP contribution in [-0.4, -0.2) is 60.1 Å². The second-order valence-electron chi connectivity index (χ2n) is 8.59. The van der Waals surface area contributed by atoms with Crippen LogP contribution in [0, 0.1) is 0 Å². The van der Waals surface area contributed by atoms with Crippen molar-refractivity contribution in [3.05, 3.63) is 33.8 Å². The summed E-state index contributed by atoms with van der Waals surface area (Å²) in [6.45, 7) is 3.11. The second-order valence-corrected chi connectivity index (χ2v) is 9.41. The van der Waals surface area contributed by atoms with Gasteiger partial charge in [-0.3, -0.25) is 9.69 Å². The number of hydrogen-bond donors (Lipinski definition) is 0. The molecule has 0 radical (unpaired) electrons. The van der Waals surface area contributed by atoms with E-state index in [9.17, 15) is 4.79 Å². The van der Waals surface area contributed by atoms with Crippen LogP contribution in [0.25, 0.3) is 0 Å². The monoisotopic (exact) mass is 424 g/mol. The lowest BCUT2D eigenvalue weighted by Gasteiger charge is -2.51. The van der Waals surface area contributed by atoms with Gasteiger partial charge in [0, 0.05) is 19.7 Å². The van der Waals surface area contributed by atoms with Crippen molar-refractivity contribution in [2.75, 3.05) is 26.7 Å². The van der Waals surface area contributed by atoms with E-state index >= 15 is 0 Å². The van der Waals surface area contributed by atoms with E-state index in [-0.39, 0.29) is 17.6 Å². The number of amides is 1. The van der Waals surface area contributed by atoms with Gasteiger partial charge in [0.1, 0.15) is 0 Å². The van der Waals surface area contributed by atoms with Crippen molar-refractivity contribution in [1.29, 1.82) is 0 Å². The molecule has 1 aliphatic carbocycles. The average molecular weight is 425 g/mol. The van der Waals surface area contributed by atoms with E-state index in [4.69, 9.17) is 27.9 Å². The van der Waals surface area contributed by atoms with Gasteiger partial charge >= 0.3 is 0 Å². The number of rotatable bonds is 4. The number of carbonyl (C=O) groups is 1. The van der Waals surface area contributed by atoms with Crippen molar-refractivity contribution < 1.29 is 9.53 Å². The molecule has 1 unspecified atom stereocenters. The maximum atomic E-state index is 13.3. The van der Waals surface area contributed by atoms with Crippen LogP contribution in [0.1, 0.15) is 50.5 Å². The number of likely N-dealkylation sites (tertiary alicyclic amines) is 1. The number of nitrogens with zero attached hydrogens (tertiary/aromatic N) is 2. The predicted octanol–water partition coefficient (Wildman–Crippen LogP) is 4.56. The minimum Gasteiger partial charge on any atom is -0.373 e. The Morgan fingerprint density at radius 2 is 1.93 bits per heavy atom. The topological polar surface area (TPSA) is 32.8 Å². The van der Waals surface area contributed by atoms with Crippen LogP contribution < -0.4 is 0 Å². The normalized spacial score (nSPS) is 30.8. The molecule has 4 nitrogen and oxygen atoms in total. The Morgan fingerprint density at radius 1 is 1.18 bits per heavy atom. The van der Waals surface area contributed by atoms with Crippen LogP contribution in [0.4, 0.5) is 0 Å². The molecule has 4 rings (SSSR count). The van der Waals surface area contributed by atoms with Crippen molar-refractivity contribution >= 4 is 29.1 Å². The zero-order valence-electron chi connectivity index (χ0n) is 16.6. The smallest absolute Gasteiger partial charge is 0.227 e. The SMILES string of the molecule is CN(C(=O)Cc1ccc(Cl)c(Cl)c1)[C@@H]1[C@@H](N2CCCC2)CCCC12CCCO2. The Balaban J connectivity index is 1.57. The van der Waals surface area contributed by atoms with Gasteiger partial charge in [0.15, 0.2) is 0 Å². The van der Waals surface area contributed by atoms with Crippen molar-refractivity contribution in [2.45, 2.75) is 69.1 Å². The molecule has 28 heavy (non-hydrogen) atoms. The van der Waals surface area contributed by atoms with E-state index in [1.165, 1.54) is 19.3 Å². The summed E-state index contributed by atoms with van der Waals surface area (Å²) in [7, 11) is 1.97. The van der Waals surface area contributed by atoms with Gasteiger partial charge in [-0.2, -0.15) is 0 Å². The molecule has 0 aromatic heterocycles. The molecular formula is C22H30Cl2N2O2. The highest BCUT2D eigenvalue weighted by atomic mass is 35.5. The first-order chi connectivity index (χ1) is 13.5. The van der Waals surface area contributed by atoms with Crippen molar-refractivity contribution in [3.63, 3.8) is 0 Å². The van der Waals surface area contributed by atoms with Crippen LogP contribution in [0.5, 0.6) is 0 Å². The van der Waals surface area contributed by atoms with E-state index in [0.29, 0.717) is 22.5 Å². The number of benzene rings is 1. The molecular weight excluding hydrogens is 395 g/mol. The maximum absolute atomic E-state index is 13.3. The highest BCUT2D eigenvalue weighted by Crippen LogP contribution is 2.44. The van der Waals surface area contributed by atoms with Crippen LogP contribution in [-0.2, 0) is 16.0 Å². The summed E-state index contributed by atoms with van der Waals surface area (Å²) in [4.78, 5) is 17.9. The van der Waals surface area contributed by atoms with Crippen molar-refractivity contribution in [1.82, 2.24) is 9.80 Å². The van der Waals surface area contributed by atoms with Crippen LogP contribution in [0.2, 0.25) is 10.0 Å². The van der Waals surface area contributed by atoms with Crippen LogP contribution >= 0.6 is 23.2 Å². The summed E-state index contributed by atoms with van der Waals surface area (Å²) in [5, 5.41) is 1.02. The van der Waals surface area contributed by atoms with Gasteiger partial charge in [-0.05, 0) is 75.7 Å².